The van der Waals surface area contributed by atoms with E-state index in [1.807, 2.05) is 0 Å². The molecule has 5 heteroatoms. The minimum absolute atomic E-state index is 0.121. The van der Waals surface area contributed by atoms with E-state index < -0.39 is 5.54 Å². The molecule has 1 aromatic carbocycles. The van der Waals surface area contributed by atoms with Crippen molar-refractivity contribution in [1.29, 1.82) is 0 Å². The number of benzene rings is 1. The lowest BCUT2D eigenvalue weighted by atomic mass is 10.1. The van der Waals surface area contributed by atoms with Crippen molar-refractivity contribution in [1.82, 2.24) is 5.32 Å². The molecule has 0 saturated heterocycles. The van der Waals surface area contributed by atoms with Crippen LogP contribution in [0.3, 0.4) is 0 Å². The number of nitrogens with zero attached hydrogens (tertiary/aromatic N) is 1. The highest BCUT2D eigenvalue weighted by molar-refractivity contribution is 6.31. The average Bonchev–Trinajstić information content (AvgIpc) is 2.53. The number of halogens is 1. The molecule has 2 rings (SSSR count). The van der Waals surface area contributed by atoms with Gasteiger partial charge in [-0.25, -0.2) is 0 Å². The second kappa shape index (κ2) is 4.04. The van der Waals surface area contributed by atoms with Crippen LogP contribution in [0.5, 0.6) is 5.75 Å². The van der Waals surface area contributed by atoms with Crippen molar-refractivity contribution in [3.8, 4) is 5.75 Å². The fourth-order valence-corrected chi connectivity index (χ4v) is 1.77. The van der Waals surface area contributed by atoms with Gasteiger partial charge in [-0.2, -0.15) is 0 Å². The zero-order chi connectivity index (χ0) is 12.6. The number of carbonyl (C=O) groups excluding carboxylic acids is 1. The van der Waals surface area contributed by atoms with E-state index in [1.54, 1.807) is 39.2 Å². The third kappa shape index (κ3) is 2.13. The Bertz CT molecular complexity index is 509. The van der Waals surface area contributed by atoms with E-state index in [9.17, 15) is 4.79 Å². The van der Waals surface area contributed by atoms with Gasteiger partial charge in [-0.1, -0.05) is 11.6 Å². The Morgan fingerprint density at radius 1 is 1.41 bits per heavy atom. The van der Waals surface area contributed by atoms with Gasteiger partial charge in [-0.05, 0) is 32.0 Å². The summed E-state index contributed by atoms with van der Waals surface area (Å²) in [5.41, 5.74) is -0.00388. The number of amides is 1. The molecule has 0 unspecified atom stereocenters. The molecule has 0 aliphatic carbocycles. The molecular weight excluding hydrogens is 240 g/mol. The molecule has 90 valence electrons. The van der Waals surface area contributed by atoms with Gasteiger partial charge in [-0.3, -0.25) is 9.79 Å². The lowest BCUT2D eigenvalue weighted by Crippen LogP contribution is -2.34. The first-order valence-electron chi connectivity index (χ1n) is 5.19. The largest absolute Gasteiger partial charge is 0.496 e. The molecule has 1 aliphatic heterocycles. The van der Waals surface area contributed by atoms with Gasteiger partial charge in [0, 0.05) is 5.02 Å². The van der Waals surface area contributed by atoms with E-state index >= 15 is 0 Å². The molecular formula is C12H13ClN2O2. The maximum Gasteiger partial charge on any atom is 0.252 e. The minimum Gasteiger partial charge on any atom is -0.496 e. The predicted octanol–water partition coefficient (Wildman–Crippen LogP) is 2.00. The fourth-order valence-electron chi connectivity index (χ4n) is 1.61. The first-order chi connectivity index (χ1) is 7.94. The Balaban J connectivity index is 2.46. The number of carbonyl (C=O) groups is 1. The lowest BCUT2D eigenvalue weighted by Gasteiger charge is -2.08. The zero-order valence-electron chi connectivity index (χ0n) is 9.87. The number of nitrogens with one attached hydrogen (secondary N) is 1. The van der Waals surface area contributed by atoms with Crippen LogP contribution in [0.15, 0.2) is 23.2 Å². The second-order valence-corrected chi connectivity index (χ2v) is 4.75. The summed E-state index contributed by atoms with van der Waals surface area (Å²) >= 11 is 5.88. The van der Waals surface area contributed by atoms with Gasteiger partial charge in [0.05, 0.1) is 12.7 Å². The normalized spacial score (nSPS) is 17.6. The molecule has 1 aromatic rings. The third-order valence-corrected chi connectivity index (χ3v) is 2.83. The summed E-state index contributed by atoms with van der Waals surface area (Å²) in [5.74, 6) is 0.993. The molecule has 0 saturated carbocycles. The summed E-state index contributed by atoms with van der Waals surface area (Å²) in [4.78, 5) is 16.0. The highest BCUT2D eigenvalue weighted by Gasteiger charge is 2.35. The van der Waals surface area contributed by atoms with Gasteiger partial charge in [-0.15, -0.1) is 0 Å². The molecule has 4 nitrogen and oxygen atoms in total. The van der Waals surface area contributed by atoms with Crippen molar-refractivity contribution < 1.29 is 9.53 Å². The summed E-state index contributed by atoms with van der Waals surface area (Å²) in [5, 5.41) is 3.32. The molecule has 0 fully saturated rings. The topological polar surface area (TPSA) is 50.7 Å². The average molecular weight is 253 g/mol. The monoisotopic (exact) mass is 252 g/mol. The van der Waals surface area contributed by atoms with E-state index in [-0.39, 0.29) is 5.91 Å². The summed E-state index contributed by atoms with van der Waals surface area (Å²) in [6.07, 6.45) is 0. The first kappa shape index (κ1) is 11.9. The van der Waals surface area contributed by atoms with Gasteiger partial charge in [0.15, 0.2) is 0 Å². The smallest absolute Gasteiger partial charge is 0.252 e. The second-order valence-electron chi connectivity index (χ2n) is 4.32. The van der Waals surface area contributed by atoms with Crippen molar-refractivity contribution in [3.05, 3.63) is 28.8 Å². The summed E-state index contributed by atoms with van der Waals surface area (Å²) in [7, 11) is 1.55. The number of hydrogen-bond donors (Lipinski definition) is 1. The van der Waals surface area contributed by atoms with Gasteiger partial charge < -0.3 is 10.1 Å². The van der Waals surface area contributed by atoms with Crippen molar-refractivity contribution in [2.24, 2.45) is 4.99 Å². The van der Waals surface area contributed by atoms with Crippen LogP contribution in [-0.2, 0) is 4.79 Å². The van der Waals surface area contributed by atoms with Crippen molar-refractivity contribution in [3.63, 3.8) is 0 Å². The number of aliphatic imine (C=N–C) groups is 1. The van der Waals surface area contributed by atoms with Crippen LogP contribution in [0, 0.1) is 0 Å². The van der Waals surface area contributed by atoms with Gasteiger partial charge in [0.1, 0.15) is 17.1 Å². The van der Waals surface area contributed by atoms with Crippen LogP contribution < -0.4 is 10.1 Å². The van der Waals surface area contributed by atoms with Crippen molar-refractivity contribution in [2.45, 2.75) is 19.4 Å². The minimum atomic E-state index is -0.736. The Labute approximate surface area is 105 Å². The highest BCUT2D eigenvalue weighted by Crippen LogP contribution is 2.26. The number of methoxy groups -OCH3 is 1. The molecule has 0 bridgehead atoms. The molecule has 0 spiro atoms. The Kier molecular flexibility index (Phi) is 2.83. The SMILES string of the molecule is COc1cc(Cl)ccc1C1=NC(C)(C)C(=O)N1. The van der Waals surface area contributed by atoms with Crippen LogP contribution in [0.2, 0.25) is 5.02 Å². The number of amidine groups is 1. The number of ether oxygens (including phenoxy) is 1. The molecule has 1 N–H and O–H groups in total. The van der Waals surface area contributed by atoms with Gasteiger partial charge >= 0.3 is 0 Å². The van der Waals surface area contributed by atoms with Crippen LogP contribution in [-0.4, -0.2) is 24.4 Å². The van der Waals surface area contributed by atoms with E-state index in [2.05, 4.69) is 10.3 Å². The number of rotatable bonds is 2. The van der Waals surface area contributed by atoms with Crippen LogP contribution in [0.25, 0.3) is 0 Å². The first-order valence-corrected chi connectivity index (χ1v) is 5.57. The number of hydrogen-bond acceptors (Lipinski definition) is 3. The third-order valence-electron chi connectivity index (χ3n) is 2.60. The Hall–Kier alpha value is -1.55. The Morgan fingerprint density at radius 2 is 2.12 bits per heavy atom. The Morgan fingerprint density at radius 3 is 2.65 bits per heavy atom. The summed E-state index contributed by atoms with van der Waals surface area (Å²) in [6.45, 7) is 3.52. The van der Waals surface area contributed by atoms with Crippen LogP contribution in [0.4, 0.5) is 0 Å². The molecule has 0 radical (unpaired) electrons. The molecule has 0 aromatic heterocycles. The predicted molar refractivity (Wildman–Crippen MR) is 66.8 cm³/mol. The molecule has 1 aliphatic rings. The molecule has 0 atom stereocenters. The molecule has 17 heavy (non-hydrogen) atoms. The van der Waals surface area contributed by atoms with E-state index in [0.29, 0.717) is 16.6 Å². The van der Waals surface area contributed by atoms with Crippen LogP contribution in [0.1, 0.15) is 19.4 Å². The van der Waals surface area contributed by atoms with E-state index in [1.165, 1.54) is 0 Å². The summed E-state index contributed by atoms with van der Waals surface area (Å²) < 4.78 is 5.23. The summed E-state index contributed by atoms with van der Waals surface area (Å²) in [6, 6.07) is 5.21. The van der Waals surface area contributed by atoms with E-state index in [0.717, 1.165) is 5.56 Å². The van der Waals surface area contributed by atoms with Gasteiger partial charge in [0.2, 0.25) is 0 Å². The van der Waals surface area contributed by atoms with Crippen molar-refractivity contribution in [2.75, 3.05) is 7.11 Å². The maximum absolute atomic E-state index is 11.7. The van der Waals surface area contributed by atoms with Crippen LogP contribution >= 0.6 is 11.6 Å². The lowest BCUT2D eigenvalue weighted by molar-refractivity contribution is -0.122. The maximum atomic E-state index is 11.7. The van der Waals surface area contributed by atoms with E-state index in [4.69, 9.17) is 16.3 Å². The fraction of sp³-hybridized carbons (Fsp3) is 0.333. The zero-order valence-corrected chi connectivity index (χ0v) is 10.6. The molecule has 1 amide bonds. The molecule has 1 heterocycles. The standard InChI is InChI=1S/C12H13ClN2O2/c1-12(2)11(16)14-10(15-12)8-5-4-7(13)6-9(8)17-3/h4-6H,1-3H3,(H,14,15,16). The quantitative estimate of drug-likeness (QED) is 0.875. The van der Waals surface area contributed by atoms with Crippen molar-refractivity contribution >= 4 is 23.3 Å². The van der Waals surface area contributed by atoms with Gasteiger partial charge in [0.25, 0.3) is 5.91 Å². The highest BCUT2D eigenvalue weighted by atomic mass is 35.5.